The Kier molecular flexibility index (Phi) is 6.13. The molecule has 3 nitrogen and oxygen atoms in total. The van der Waals surface area contributed by atoms with Gasteiger partial charge in [-0.1, -0.05) is 40.0 Å². The van der Waals surface area contributed by atoms with Crippen LogP contribution in [0.3, 0.4) is 0 Å². The molecular formula is C15H30N2O. The maximum absolute atomic E-state index is 12.5. The van der Waals surface area contributed by atoms with Crippen LogP contribution in [0.15, 0.2) is 0 Å². The predicted octanol–water partition coefficient (Wildman–Crippen LogP) is 2.71. The number of carbonyl (C=O) groups excluding carboxylic acids is 1. The highest BCUT2D eigenvalue weighted by molar-refractivity contribution is 5.83. The number of rotatable bonds is 7. The van der Waals surface area contributed by atoms with Crippen LogP contribution >= 0.6 is 0 Å². The molecule has 0 saturated carbocycles. The summed E-state index contributed by atoms with van der Waals surface area (Å²) in [5, 5.41) is 6.56. The molecule has 2 atom stereocenters. The molecule has 1 fully saturated rings. The van der Waals surface area contributed by atoms with E-state index < -0.39 is 0 Å². The first-order valence-corrected chi connectivity index (χ1v) is 7.54. The van der Waals surface area contributed by atoms with Crippen molar-refractivity contribution in [2.75, 3.05) is 13.1 Å². The lowest BCUT2D eigenvalue weighted by atomic mass is 9.75. The zero-order valence-corrected chi connectivity index (χ0v) is 12.5. The van der Waals surface area contributed by atoms with E-state index in [1.807, 2.05) is 0 Å². The smallest absolute Gasteiger partial charge is 0.228 e. The fourth-order valence-corrected chi connectivity index (χ4v) is 2.80. The maximum atomic E-state index is 12.5. The molecule has 0 aromatic rings. The van der Waals surface area contributed by atoms with Crippen LogP contribution in [0.2, 0.25) is 0 Å². The summed E-state index contributed by atoms with van der Waals surface area (Å²) in [6.45, 7) is 10.5. The second kappa shape index (κ2) is 7.13. The molecule has 0 spiro atoms. The lowest BCUT2D eigenvalue weighted by Crippen LogP contribution is -2.48. The first-order valence-electron chi connectivity index (χ1n) is 7.54. The van der Waals surface area contributed by atoms with E-state index >= 15 is 0 Å². The molecule has 0 radical (unpaired) electrons. The minimum atomic E-state index is -0.182. The standard InChI is InChI=1S/C15H30N2O/c1-5-6-7-8-13(4)17-14(18)15(12(2)3)9-10-16-11-15/h12-13,16H,5-11H2,1-4H3,(H,17,18). The number of nitrogens with one attached hydrogen (secondary N) is 2. The second-order valence-electron chi connectivity index (χ2n) is 6.11. The summed E-state index contributed by atoms with van der Waals surface area (Å²) >= 11 is 0. The Bertz CT molecular complexity index is 257. The second-order valence-corrected chi connectivity index (χ2v) is 6.11. The molecule has 1 aliphatic heterocycles. The van der Waals surface area contributed by atoms with E-state index in [1.54, 1.807) is 0 Å². The summed E-state index contributed by atoms with van der Waals surface area (Å²) in [4.78, 5) is 12.5. The van der Waals surface area contributed by atoms with Gasteiger partial charge in [-0.25, -0.2) is 0 Å². The molecule has 106 valence electrons. The van der Waals surface area contributed by atoms with Crippen LogP contribution in [0, 0.1) is 11.3 Å². The van der Waals surface area contributed by atoms with Crippen LogP contribution in [0.4, 0.5) is 0 Å². The number of hydrogen-bond donors (Lipinski definition) is 2. The van der Waals surface area contributed by atoms with Crippen molar-refractivity contribution < 1.29 is 4.79 Å². The van der Waals surface area contributed by atoms with Gasteiger partial charge in [0.1, 0.15) is 0 Å². The van der Waals surface area contributed by atoms with Crippen LogP contribution in [0.5, 0.6) is 0 Å². The van der Waals surface area contributed by atoms with Crippen molar-refractivity contribution in [1.29, 1.82) is 0 Å². The molecule has 1 saturated heterocycles. The van der Waals surface area contributed by atoms with Crippen LogP contribution in [0.1, 0.15) is 59.8 Å². The minimum absolute atomic E-state index is 0.182. The highest BCUT2D eigenvalue weighted by atomic mass is 16.2. The molecule has 1 heterocycles. The molecule has 18 heavy (non-hydrogen) atoms. The largest absolute Gasteiger partial charge is 0.353 e. The van der Waals surface area contributed by atoms with Crippen molar-refractivity contribution in [1.82, 2.24) is 10.6 Å². The van der Waals surface area contributed by atoms with Gasteiger partial charge in [-0.3, -0.25) is 4.79 Å². The topological polar surface area (TPSA) is 41.1 Å². The normalized spacial score (nSPS) is 25.4. The van der Waals surface area contributed by atoms with E-state index in [4.69, 9.17) is 0 Å². The Hall–Kier alpha value is -0.570. The Labute approximate surface area is 112 Å². The Morgan fingerprint density at radius 1 is 1.33 bits per heavy atom. The highest BCUT2D eigenvalue weighted by Gasteiger charge is 2.43. The molecule has 1 rings (SSSR count). The Morgan fingerprint density at radius 2 is 2.06 bits per heavy atom. The van der Waals surface area contributed by atoms with Gasteiger partial charge >= 0.3 is 0 Å². The summed E-state index contributed by atoms with van der Waals surface area (Å²) in [6, 6.07) is 0.306. The third kappa shape index (κ3) is 3.71. The van der Waals surface area contributed by atoms with Crippen molar-refractivity contribution in [3.8, 4) is 0 Å². The molecule has 0 aliphatic carbocycles. The van der Waals surface area contributed by atoms with Gasteiger partial charge in [-0.05, 0) is 32.2 Å². The Morgan fingerprint density at radius 3 is 2.56 bits per heavy atom. The lowest BCUT2D eigenvalue weighted by molar-refractivity contribution is -0.133. The molecular weight excluding hydrogens is 224 g/mol. The summed E-state index contributed by atoms with van der Waals surface area (Å²) in [7, 11) is 0. The SMILES string of the molecule is CCCCCC(C)NC(=O)C1(C(C)C)CCNC1. The van der Waals surface area contributed by atoms with Gasteiger partial charge in [0.2, 0.25) is 5.91 Å². The molecule has 3 heteroatoms. The van der Waals surface area contributed by atoms with Crippen LogP contribution in [-0.2, 0) is 4.79 Å². The molecule has 2 N–H and O–H groups in total. The zero-order chi connectivity index (χ0) is 13.6. The minimum Gasteiger partial charge on any atom is -0.353 e. The molecule has 2 unspecified atom stereocenters. The van der Waals surface area contributed by atoms with Gasteiger partial charge in [-0.15, -0.1) is 0 Å². The number of hydrogen-bond acceptors (Lipinski definition) is 2. The van der Waals surface area contributed by atoms with E-state index in [0.717, 1.165) is 25.9 Å². The molecule has 0 bridgehead atoms. The average molecular weight is 254 g/mol. The van der Waals surface area contributed by atoms with Gasteiger partial charge < -0.3 is 10.6 Å². The monoisotopic (exact) mass is 254 g/mol. The fraction of sp³-hybridized carbons (Fsp3) is 0.933. The van der Waals surface area contributed by atoms with Gasteiger partial charge in [0.25, 0.3) is 0 Å². The van der Waals surface area contributed by atoms with E-state index in [9.17, 15) is 4.79 Å². The van der Waals surface area contributed by atoms with Gasteiger partial charge in [0.15, 0.2) is 0 Å². The predicted molar refractivity (Wildman–Crippen MR) is 76.5 cm³/mol. The highest BCUT2D eigenvalue weighted by Crippen LogP contribution is 2.34. The van der Waals surface area contributed by atoms with Crippen molar-refractivity contribution in [3.05, 3.63) is 0 Å². The average Bonchev–Trinajstić information content (AvgIpc) is 2.79. The first kappa shape index (κ1) is 15.5. The summed E-state index contributed by atoms with van der Waals surface area (Å²) in [5.41, 5.74) is -0.182. The molecule has 1 amide bonds. The van der Waals surface area contributed by atoms with E-state index in [2.05, 4.69) is 38.3 Å². The number of amides is 1. The van der Waals surface area contributed by atoms with Crippen molar-refractivity contribution in [3.63, 3.8) is 0 Å². The van der Waals surface area contributed by atoms with E-state index in [1.165, 1.54) is 19.3 Å². The van der Waals surface area contributed by atoms with Crippen LogP contribution in [0.25, 0.3) is 0 Å². The van der Waals surface area contributed by atoms with Gasteiger partial charge in [-0.2, -0.15) is 0 Å². The number of carbonyl (C=O) groups is 1. The zero-order valence-electron chi connectivity index (χ0n) is 12.5. The third-order valence-corrected chi connectivity index (χ3v) is 4.36. The quantitative estimate of drug-likeness (QED) is 0.686. The number of unbranched alkanes of at least 4 members (excludes halogenated alkanes) is 2. The first-order chi connectivity index (χ1) is 8.53. The van der Waals surface area contributed by atoms with E-state index in [-0.39, 0.29) is 11.3 Å². The van der Waals surface area contributed by atoms with Crippen LogP contribution in [-0.4, -0.2) is 25.0 Å². The summed E-state index contributed by atoms with van der Waals surface area (Å²) in [6.07, 6.45) is 5.78. The Balaban J connectivity index is 2.47. The third-order valence-electron chi connectivity index (χ3n) is 4.36. The van der Waals surface area contributed by atoms with Crippen LogP contribution < -0.4 is 10.6 Å². The molecule has 0 aromatic heterocycles. The van der Waals surface area contributed by atoms with Crippen molar-refractivity contribution in [2.24, 2.45) is 11.3 Å². The maximum Gasteiger partial charge on any atom is 0.228 e. The van der Waals surface area contributed by atoms with Gasteiger partial charge in [0.05, 0.1) is 5.41 Å². The van der Waals surface area contributed by atoms with Gasteiger partial charge in [0, 0.05) is 12.6 Å². The van der Waals surface area contributed by atoms with Crippen molar-refractivity contribution >= 4 is 5.91 Å². The molecule has 1 aliphatic rings. The summed E-state index contributed by atoms with van der Waals surface area (Å²) < 4.78 is 0. The molecule has 0 aromatic carbocycles. The lowest BCUT2D eigenvalue weighted by Gasteiger charge is -2.32. The van der Waals surface area contributed by atoms with Crippen molar-refractivity contribution in [2.45, 2.75) is 65.8 Å². The summed E-state index contributed by atoms with van der Waals surface area (Å²) in [5.74, 6) is 0.654. The fourth-order valence-electron chi connectivity index (χ4n) is 2.80. The van der Waals surface area contributed by atoms with E-state index in [0.29, 0.717) is 12.0 Å².